The van der Waals surface area contributed by atoms with Crippen LogP contribution in [0.1, 0.15) is 53.5 Å². The van der Waals surface area contributed by atoms with Gasteiger partial charge in [-0.05, 0) is 72.2 Å². The summed E-state index contributed by atoms with van der Waals surface area (Å²) in [4.78, 5) is 12.0. The number of nitrogens with one attached hydrogen (secondary N) is 2. The van der Waals surface area contributed by atoms with E-state index >= 15 is 0 Å². The third-order valence-electron chi connectivity index (χ3n) is 3.55. The van der Waals surface area contributed by atoms with Crippen LogP contribution in [0.3, 0.4) is 0 Å². The van der Waals surface area contributed by atoms with Crippen molar-refractivity contribution in [3.05, 3.63) is 22.2 Å². The number of carbonyl (C=O) groups is 1. The van der Waals surface area contributed by atoms with E-state index in [2.05, 4.69) is 26.6 Å². The van der Waals surface area contributed by atoms with Crippen molar-refractivity contribution in [3.8, 4) is 11.5 Å². The highest BCUT2D eigenvalue weighted by Gasteiger charge is 2.16. The van der Waals surface area contributed by atoms with Crippen LogP contribution in [0.15, 0.2) is 16.6 Å². The fraction of sp³-hybridized carbons (Fsp3) is 0.667. The lowest BCUT2D eigenvalue weighted by atomic mass is 10.1. The average Bonchev–Trinajstić information content (AvgIpc) is 2.57. The van der Waals surface area contributed by atoms with Crippen molar-refractivity contribution in [2.24, 2.45) is 0 Å². The van der Waals surface area contributed by atoms with Gasteiger partial charge in [0.1, 0.15) is 0 Å². The van der Waals surface area contributed by atoms with Gasteiger partial charge in [-0.15, -0.1) is 0 Å². The Labute approximate surface area is 177 Å². The largest absolute Gasteiger partial charge is 0.490 e. The lowest BCUT2D eigenvalue weighted by Gasteiger charge is -2.21. The molecule has 1 aromatic rings. The molecule has 0 saturated heterocycles. The van der Waals surface area contributed by atoms with E-state index in [-0.39, 0.29) is 24.2 Å². The highest BCUT2D eigenvalue weighted by molar-refractivity contribution is 9.10. The Bertz CT molecular complexity index is 615. The second-order valence-corrected chi connectivity index (χ2v) is 8.71. The van der Waals surface area contributed by atoms with Gasteiger partial charge < -0.3 is 24.8 Å². The highest BCUT2D eigenvalue weighted by Crippen LogP contribution is 2.34. The number of amides is 1. The molecule has 0 aliphatic heterocycles. The number of carbonyl (C=O) groups excluding carboxylic acids is 1. The van der Waals surface area contributed by atoms with Gasteiger partial charge in [0.15, 0.2) is 18.1 Å². The molecule has 0 spiro atoms. The zero-order chi connectivity index (χ0) is 21.2. The number of halogens is 1. The van der Waals surface area contributed by atoms with Gasteiger partial charge in [0.05, 0.1) is 12.7 Å². The van der Waals surface area contributed by atoms with Gasteiger partial charge in [-0.2, -0.15) is 0 Å². The lowest BCUT2D eigenvalue weighted by molar-refractivity contribution is -0.124. The van der Waals surface area contributed by atoms with E-state index in [9.17, 15) is 4.79 Å². The Morgan fingerprint density at radius 1 is 1.18 bits per heavy atom. The topological polar surface area (TPSA) is 68.8 Å². The molecule has 1 aromatic carbocycles. The van der Waals surface area contributed by atoms with Gasteiger partial charge >= 0.3 is 0 Å². The third kappa shape index (κ3) is 10.3. The standard InChI is InChI=1S/C21H35BrN2O4/c1-7-26-18-11-16(13-23-9-8-10-27-15(2)3)17(22)12-19(18)28-14-20(25)24-21(4,5)6/h11-12,15,23H,7-10,13-14H2,1-6H3,(H,24,25). The van der Waals surface area contributed by atoms with Crippen molar-refractivity contribution in [1.29, 1.82) is 0 Å². The number of ether oxygens (including phenoxy) is 3. The maximum atomic E-state index is 12.0. The van der Waals surface area contributed by atoms with Crippen molar-refractivity contribution in [2.75, 3.05) is 26.4 Å². The van der Waals surface area contributed by atoms with Gasteiger partial charge in [-0.1, -0.05) is 15.9 Å². The smallest absolute Gasteiger partial charge is 0.258 e. The first-order valence-corrected chi connectivity index (χ1v) is 10.6. The molecule has 0 aromatic heterocycles. The summed E-state index contributed by atoms with van der Waals surface area (Å²) in [6.45, 7) is 14.6. The Balaban J connectivity index is 2.65. The van der Waals surface area contributed by atoms with E-state index in [4.69, 9.17) is 14.2 Å². The fourth-order valence-corrected chi connectivity index (χ4v) is 2.89. The normalized spacial score (nSPS) is 11.6. The molecule has 0 bridgehead atoms. The Morgan fingerprint density at radius 2 is 1.86 bits per heavy atom. The molecule has 0 heterocycles. The van der Waals surface area contributed by atoms with Crippen molar-refractivity contribution < 1.29 is 19.0 Å². The van der Waals surface area contributed by atoms with Crippen LogP contribution in [0, 0.1) is 0 Å². The molecular formula is C21H35BrN2O4. The Kier molecular flexibility index (Phi) is 10.9. The zero-order valence-electron chi connectivity index (χ0n) is 18.0. The molecule has 160 valence electrons. The van der Waals surface area contributed by atoms with Crippen molar-refractivity contribution in [1.82, 2.24) is 10.6 Å². The molecule has 1 rings (SSSR count). The van der Waals surface area contributed by atoms with E-state index in [0.717, 1.165) is 29.6 Å². The molecule has 7 heteroatoms. The maximum Gasteiger partial charge on any atom is 0.258 e. The summed E-state index contributed by atoms with van der Waals surface area (Å²) in [6, 6.07) is 3.80. The second kappa shape index (κ2) is 12.3. The predicted octanol–water partition coefficient (Wildman–Crippen LogP) is 4.05. The minimum Gasteiger partial charge on any atom is -0.490 e. The monoisotopic (exact) mass is 458 g/mol. The Morgan fingerprint density at radius 3 is 2.46 bits per heavy atom. The first-order chi connectivity index (χ1) is 13.1. The van der Waals surface area contributed by atoms with E-state index in [1.807, 2.05) is 53.7 Å². The molecule has 0 fully saturated rings. The van der Waals surface area contributed by atoms with E-state index in [1.165, 1.54) is 0 Å². The minimum atomic E-state index is -0.292. The number of hydrogen-bond acceptors (Lipinski definition) is 5. The van der Waals surface area contributed by atoms with Crippen LogP contribution in [-0.2, 0) is 16.1 Å². The van der Waals surface area contributed by atoms with Crippen LogP contribution < -0.4 is 20.1 Å². The quantitative estimate of drug-likeness (QED) is 0.462. The molecular weight excluding hydrogens is 424 g/mol. The van der Waals surface area contributed by atoms with Crippen LogP contribution in [0.4, 0.5) is 0 Å². The van der Waals surface area contributed by atoms with Crippen molar-refractivity contribution >= 4 is 21.8 Å². The van der Waals surface area contributed by atoms with Gasteiger partial charge in [-0.3, -0.25) is 4.79 Å². The molecule has 0 atom stereocenters. The van der Waals surface area contributed by atoms with E-state index < -0.39 is 0 Å². The maximum absolute atomic E-state index is 12.0. The molecule has 0 aliphatic rings. The van der Waals surface area contributed by atoms with E-state index in [1.54, 1.807) is 0 Å². The number of rotatable bonds is 12. The third-order valence-corrected chi connectivity index (χ3v) is 4.29. The molecule has 6 nitrogen and oxygen atoms in total. The SMILES string of the molecule is CCOc1cc(CNCCCOC(C)C)c(Br)cc1OCC(=O)NC(C)(C)C. The minimum absolute atomic E-state index is 0.0583. The van der Waals surface area contributed by atoms with Crippen LogP contribution in [0.2, 0.25) is 0 Å². The van der Waals surface area contributed by atoms with Gasteiger partial charge in [0.25, 0.3) is 5.91 Å². The first-order valence-electron chi connectivity index (χ1n) is 9.83. The summed E-state index contributed by atoms with van der Waals surface area (Å²) < 4.78 is 17.9. The summed E-state index contributed by atoms with van der Waals surface area (Å²) in [5.74, 6) is 1.02. The zero-order valence-corrected chi connectivity index (χ0v) is 19.6. The second-order valence-electron chi connectivity index (χ2n) is 7.86. The number of benzene rings is 1. The van der Waals surface area contributed by atoms with Crippen LogP contribution in [0.5, 0.6) is 11.5 Å². The van der Waals surface area contributed by atoms with Crippen LogP contribution in [0.25, 0.3) is 0 Å². The van der Waals surface area contributed by atoms with Crippen LogP contribution >= 0.6 is 15.9 Å². The van der Waals surface area contributed by atoms with Gasteiger partial charge in [0.2, 0.25) is 0 Å². The summed E-state index contributed by atoms with van der Waals surface area (Å²) in [5.41, 5.74) is 0.777. The fourth-order valence-electron chi connectivity index (χ4n) is 2.43. The number of hydrogen-bond donors (Lipinski definition) is 2. The average molecular weight is 459 g/mol. The Hall–Kier alpha value is -1.31. The van der Waals surface area contributed by atoms with Crippen LogP contribution in [-0.4, -0.2) is 43.9 Å². The summed E-state index contributed by atoms with van der Waals surface area (Å²) in [5, 5.41) is 6.29. The lowest BCUT2D eigenvalue weighted by Crippen LogP contribution is -2.43. The van der Waals surface area contributed by atoms with Gasteiger partial charge in [-0.25, -0.2) is 0 Å². The molecule has 0 radical (unpaired) electrons. The molecule has 0 aliphatic carbocycles. The summed E-state index contributed by atoms with van der Waals surface area (Å²) in [7, 11) is 0. The summed E-state index contributed by atoms with van der Waals surface area (Å²) in [6.07, 6.45) is 1.22. The molecule has 0 unspecified atom stereocenters. The molecule has 28 heavy (non-hydrogen) atoms. The van der Waals surface area contributed by atoms with Gasteiger partial charge in [0, 0.05) is 23.2 Å². The van der Waals surface area contributed by atoms with Crippen molar-refractivity contribution in [2.45, 2.75) is 66.2 Å². The molecule has 2 N–H and O–H groups in total. The van der Waals surface area contributed by atoms with E-state index in [0.29, 0.717) is 24.7 Å². The molecule has 1 amide bonds. The van der Waals surface area contributed by atoms with Crippen molar-refractivity contribution in [3.63, 3.8) is 0 Å². The molecule has 0 saturated carbocycles. The first kappa shape index (κ1) is 24.7. The summed E-state index contributed by atoms with van der Waals surface area (Å²) >= 11 is 3.59. The highest BCUT2D eigenvalue weighted by atomic mass is 79.9. The predicted molar refractivity (Wildman–Crippen MR) is 116 cm³/mol.